The highest BCUT2D eigenvalue weighted by molar-refractivity contribution is 5.79. The van der Waals surface area contributed by atoms with E-state index in [0.717, 1.165) is 55.9 Å². The fraction of sp³-hybridized carbons (Fsp3) is 0.368. The molecule has 4 rings (SSSR count). The lowest BCUT2D eigenvalue weighted by Gasteiger charge is -2.34. The van der Waals surface area contributed by atoms with Gasteiger partial charge in [0.05, 0.1) is 7.11 Å². The van der Waals surface area contributed by atoms with Crippen LogP contribution < -0.4 is 4.74 Å². The molecule has 0 bridgehead atoms. The maximum absolute atomic E-state index is 5.41. The molecule has 0 N–H and O–H groups in total. The molecule has 3 aromatic rings. The van der Waals surface area contributed by atoms with E-state index in [1.165, 1.54) is 5.56 Å². The van der Waals surface area contributed by atoms with E-state index in [1.807, 2.05) is 30.5 Å². The largest absolute Gasteiger partial charge is 0.481 e. The summed E-state index contributed by atoms with van der Waals surface area (Å²) >= 11 is 0. The van der Waals surface area contributed by atoms with Gasteiger partial charge in [-0.15, -0.1) is 0 Å². The maximum atomic E-state index is 5.41. The van der Waals surface area contributed by atoms with Gasteiger partial charge in [-0.2, -0.15) is 0 Å². The van der Waals surface area contributed by atoms with Crippen LogP contribution in [0.2, 0.25) is 0 Å². The molecule has 1 aromatic carbocycles. The second-order valence-corrected chi connectivity index (χ2v) is 6.39. The molecule has 25 heavy (non-hydrogen) atoms. The zero-order valence-electron chi connectivity index (χ0n) is 14.4. The number of pyridine rings is 1. The molecule has 1 fully saturated rings. The number of rotatable bonds is 5. The summed E-state index contributed by atoms with van der Waals surface area (Å²) in [6, 6.07) is 12.1. The zero-order valence-corrected chi connectivity index (χ0v) is 14.4. The van der Waals surface area contributed by atoms with Crippen LogP contribution >= 0.6 is 0 Å². The van der Waals surface area contributed by atoms with Crippen molar-refractivity contribution in [3.63, 3.8) is 0 Å². The number of aromatic nitrogens is 2. The molecule has 130 valence electrons. The summed E-state index contributed by atoms with van der Waals surface area (Å²) in [5, 5.41) is 5.36. The first-order valence-electron chi connectivity index (χ1n) is 8.59. The molecule has 0 amide bonds. The van der Waals surface area contributed by atoms with Gasteiger partial charge in [-0.05, 0) is 17.7 Å². The average molecular weight is 338 g/mol. The molecule has 3 heterocycles. The summed E-state index contributed by atoms with van der Waals surface area (Å²) in [7, 11) is 1.64. The Hall–Kier alpha value is -2.44. The number of benzene rings is 1. The minimum Gasteiger partial charge on any atom is -0.481 e. The summed E-state index contributed by atoms with van der Waals surface area (Å²) in [6.45, 7) is 5.92. The number of piperazine rings is 1. The van der Waals surface area contributed by atoms with E-state index in [1.54, 1.807) is 7.11 Å². The molecule has 6 nitrogen and oxygen atoms in total. The molecule has 2 aromatic heterocycles. The number of fused-ring (bicyclic) bond motifs is 1. The molecule has 0 unspecified atom stereocenters. The fourth-order valence-electron chi connectivity index (χ4n) is 3.25. The maximum Gasteiger partial charge on any atom is 0.212 e. The van der Waals surface area contributed by atoms with Crippen molar-refractivity contribution in [2.45, 2.75) is 13.1 Å². The highest BCUT2D eigenvalue weighted by atomic mass is 16.5. The number of hydrogen-bond acceptors (Lipinski definition) is 6. The lowest BCUT2D eigenvalue weighted by molar-refractivity contribution is 0.120. The molecule has 0 saturated carbocycles. The van der Waals surface area contributed by atoms with Crippen LogP contribution in [-0.2, 0) is 13.1 Å². The van der Waals surface area contributed by atoms with E-state index in [9.17, 15) is 0 Å². The van der Waals surface area contributed by atoms with Crippen LogP contribution in [0.3, 0.4) is 0 Å². The van der Waals surface area contributed by atoms with Crippen molar-refractivity contribution >= 4 is 11.0 Å². The quantitative estimate of drug-likeness (QED) is 0.713. The lowest BCUT2D eigenvalue weighted by Crippen LogP contribution is -2.45. The van der Waals surface area contributed by atoms with Gasteiger partial charge in [0.25, 0.3) is 0 Å². The molecule has 1 saturated heterocycles. The predicted octanol–water partition coefficient (Wildman–Crippen LogP) is 2.55. The number of para-hydroxylation sites is 1. The van der Waals surface area contributed by atoms with Gasteiger partial charge in [0.15, 0.2) is 5.58 Å². The topological polar surface area (TPSA) is 54.6 Å². The first-order chi connectivity index (χ1) is 12.3. The number of ether oxygens (including phenoxy) is 1. The third kappa shape index (κ3) is 3.65. The molecule has 0 aliphatic carbocycles. The Morgan fingerprint density at radius 1 is 1.00 bits per heavy atom. The monoisotopic (exact) mass is 338 g/mol. The molecular formula is C19H22N4O2. The van der Waals surface area contributed by atoms with Gasteiger partial charge < -0.3 is 9.26 Å². The van der Waals surface area contributed by atoms with Crippen molar-refractivity contribution < 1.29 is 9.26 Å². The van der Waals surface area contributed by atoms with E-state index in [0.29, 0.717) is 5.88 Å². The Balaban J connectivity index is 1.32. The van der Waals surface area contributed by atoms with Gasteiger partial charge in [0.2, 0.25) is 5.88 Å². The fourth-order valence-corrected chi connectivity index (χ4v) is 3.25. The van der Waals surface area contributed by atoms with E-state index in [2.05, 4.69) is 32.1 Å². The average Bonchev–Trinajstić information content (AvgIpc) is 3.07. The SMILES string of the molecule is COc1ccc(CN2CCN(Cc3noc4ccccc34)CC2)cn1. The van der Waals surface area contributed by atoms with Crippen LogP contribution in [0.5, 0.6) is 5.88 Å². The summed E-state index contributed by atoms with van der Waals surface area (Å²) in [6.07, 6.45) is 1.90. The van der Waals surface area contributed by atoms with Crippen LogP contribution in [0.1, 0.15) is 11.3 Å². The number of methoxy groups -OCH3 is 1. The minimum absolute atomic E-state index is 0.661. The van der Waals surface area contributed by atoms with Crippen molar-refractivity contribution in [2.24, 2.45) is 0 Å². The third-order valence-electron chi connectivity index (χ3n) is 4.70. The Bertz CT molecular complexity index is 823. The van der Waals surface area contributed by atoms with E-state index < -0.39 is 0 Å². The summed E-state index contributed by atoms with van der Waals surface area (Å²) in [5.41, 5.74) is 3.11. The number of nitrogens with zero attached hydrogens (tertiary/aromatic N) is 4. The highest BCUT2D eigenvalue weighted by Gasteiger charge is 2.19. The second-order valence-electron chi connectivity index (χ2n) is 6.39. The van der Waals surface area contributed by atoms with E-state index >= 15 is 0 Å². The molecular weight excluding hydrogens is 316 g/mol. The van der Waals surface area contributed by atoms with Crippen LogP contribution in [-0.4, -0.2) is 53.2 Å². The minimum atomic E-state index is 0.661. The Morgan fingerprint density at radius 3 is 2.48 bits per heavy atom. The molecule has 6 heteroatoms. The van der Waals surface area contributed by atoms with Crippen molar-refractivity contribution in [1.29, 1.82) is 0 Å². The predicted molar refractivity (Wildman–Crippen MR) is 95.4 cm³/mol. The van der Waals surface area contributed by atoms with Gasteiger partial charge in [-0.25, -0.2) is 4.98 Å². The van der Waals surface area contributed by atoms with Crippen LogP contribution in [0, 0.1) is 0 Å². The first kappa shape index (κ1) is 16.1. The zero-order chi connectivity index (χ0) is 17.1. The second kappa shape index (κ2) is 7.21. The first-order valence-corrected chi connectivity index (χ1v) is 8.59. The molecule has 1 aliphatic heterocycles. The standard InChI is InChI=1S/C19H22N4O2/c1-24-19-7-6-15(12-20-19)13-22-8-10-23(11-9-22)14-17-16-4-2-3-5-18(16)25-21-17/h2-7,12H,8-11,13-14H2,1H3. The van der Waals surface area contributed by atoms with Gasteiger partial charge in [0, 0.05) is 56.9 Å². The van der Waals surface area contributed by atoms with Gasteiger partial charge in [0.1, 0.15) is 5.69 Å². The van der Waals surface area contributed by atoms with Gasteiger partial charge in [-0.3, -0.25) is 9.80 Å². The van der Waals surface area contributed by atoms with Crippen LogP contribution in [0.25, 0.3) is 11.0 Å². The molecule has 0 spiro atoms. The summed E-state index contributed by atoms with van der Waals surface area (Å²) in [4.78, 5) is 9.18. The van der Waals surface area contributed by atoms with E-state index in [4.69, 9.17) is 9.26 Å². The van der Waals surface area contributed by atoms with Crippen LogP contribution in [0.15, 0.2) is 47.1 Å². The normalized spacial score (nSPS) is 16.4. The number of hydrogen-bond donors (Lipinski definition) is 0. The van der Waals surface area contributed by atoms with Gasteiger partial charge in [-0.1, -0.05) is 23.4 Å². The lowest BCUT2D eigenvalue weighted by atomic mass is 10.2. The van der Waals surface area contributed by atoms with E-state index in [-0.39, 0.29) is 0 Å². The molecule has 0 atom stereocenters. The van der Waals surface area contributed by atoms with Crippen LogP contribution in [0.4, 0.5) is 0 Å². The Morgan fingerprint density at radius 2 is 1.76 bits per heavy atom. The molecule has 0 radical (unpaired) electrons. The Labute approximate surface area is 147 Å². The highest BCUT2D eigenvalue weighted by Crippen LogP contribution is 2.20. The summed E-state index contributed by atoms with van der Waals surface area (Å²) in [5.74, 6) is 0.661. The van der Waals surface area contributed by atoms with Crippen molar-refractivity contribution in [3.8, 4) is 5.88 Å². The smallest absolute Gasteiger partial charge is 0.212 e. The Kier molecular flexibility index (Phi) is 4.63. The van der Waals surface area contributed by atoms with Gasteiger partial charge >= 0.3 is 0 Å². The molecule has 1 aliphatic rings. The summed E-state index contributed by atoms with van der Waals surface area (Å²) < 4.78 is 10.5. The third-order valence-corrected chi connectivity index (χ3v) is 4.70. The van der Waals surface area contributed by atoms with Crippen molar-refractivity contribution in [2.75, 3.05) is 33.3 Å². The van der Waals surface area contributed by atoms with Crippen molar-refractivity contribution in [1.82, 2.24) is 19.9 Å². The van der Waals surface area contributed by atoms with Crippen molar-refractivity contribution in [3.05, 3.63) is 53.9 Å².